The monoisotopic (exact) mass is 618 g/mol. The number of carbonyl (C=O) groups is 1. The highest BCUT2D eigenvalue weighted by molar-refractivity contribution is 5.84. The number of hydrogen-bond donors (Lipinski definition) is 3. The molecule has 1 atom stereocenters. The zero-order valence-corrected chi connectivity index (χ0v) is 25.4. The molecule has 1 unspecified atom stereocenters. The van der Waals surface area contributed by atoms with Gasteiger partial charge in [0, 0.05) is 12.7 Å². The number of carboxylic acids is 1. The van der Waals surface area contributed by atoms with Gasteiger partial charge >= 0.3 is 5.97 Å². The lowest BCUT2D eigenvalue weighted by atomic mass is 10.4. The van der Waals surface area contributed by atoms with Crippen LogP contribution in [0.5, 0.6) is 0 Å². The van der Waals surface area contributed by atoms with Gasteiger partial charge < -0.3 is 67.4 Å². The molecule has 0 heterocycles. The zero-order valence-electron chi connectivity index (χ0n) is 25.4. The lowest BCUT2D eigenvalue weighted by Crippen LogP contribution is -2.19. The SMILES string of the molecule is C=C(C)C(=O)O.COC(O)COCCOCCOCCOCCOCCOCCOCCOCCOCCOCCO. The first-order chi connectivity index (χ1) is 20.5. The van der Waals surface area contributed by atoms with E-state index in [9.17, 15) is 4.79 Å². The Morgan fingerprint density at radius 1 is 0.548 bits per heavy atom. The van der Waals surface area contributed by atoms with Crippen LogP contribution in [0.2, 0.25) is 0 Å². The van der Waals surface area contributed by atoms with Gasteiger partial charge in [-0.25, -0.2) is 4.79 Å². The van der Waals surface area contributed by atoms with E-state index in [-0.39, 0.29) is 18.8 Å². The number of ether oxygens (including phenoxy) is 11. The summed E-state index contributed by atoms with van der Waals surface area (Å²) in [5.41, 5.74) is 0.176. The van der Waals surface area contributed by atoms with E-state index >= 15 is 0 Å². The molecule has 0 aliphatic rings. The predicted octanol–water partition coefficient (Wildman–Crippen LogP) is -0.243. The van der Waals surface area contributed by atoms with Gasteiger partial charge in [0.05, 0.1) is 139 Å². The third-order valence-corrected chi connectivity index (χ3v) is 4.48. The molecular weight excluding hydrogens is 564 g/mol. The Hall–Kier alpha value is -1.31. The van der Waals surface area contributed by atoms with Gasteiger partial charge in [0.2, 0.25) is 0 Å². The molecule has 0 rings (SSSR count). The molecule has 15 nitrogen and oxygen atoms in total. The minimum atomic E-state index is -0.935. The minimum Gasteiger partial charge on any atom is -0.478 e. The summed E-state index contributed by atoms with van der Waals surface area (Å²) in [6.07, 6.45) is -0.900. The molecule has 0 bridgehead atoms. The normalized spacial score (nSPS) is 11.7. The summed E-state index contributed by atoms with van der Waals surface area (Å²) in [5.74, 6) is -0.935. The van der Waals surface area contributed by atoms with Crippen LogP contribution < -0.4 is 0 Å². The summed E-state index contributed by atoms with van der Waals surface area (Å²) in [5, 5.41) is 25.6. The van der Waals surface area contributed by atoms with Crippen LogP contribution in [0.15, 0.2) is 12.2 Å². The highest BCUT2D eigenvalue weighted by atomic mass is 16.6. The van der Waals surface area contributed by atoms with E-state index in [4.69, 9.17) is 62.7 Å². The Balaban J connectivity index is 0. The number of carboxylic acid groups (broad SMARTS) is 1. The third-order valence-electron chi connectivity index (χ3n) is 4.48. The second-order valence-corrected chi connectivity index (χ2v) is 8.09. The molecule has 0 spiro atoms. The van der Waals surface area contributed by atoms with Crippen molar-refractivity contribution in [3.05, 3.63) is 12.2 Å². The molecule has 0 aromatic rings. The molecular formula is C27H54O15. The number of aliphatic hydroxyl groups is 2. The summed E-state index contributed by atoms with van der Waals surface area (Å²) in [7, 11) is 1.41. The second kappa shape index (κ2) is 37.7. The van der Waals surface area contributed by atoms with E-state index in [1.807, 2.05) is 0 Å². The lowest BCUT2D eigenvalue weighted by molar-refractivity contribution is -0.132. The standard InChI is InChI=1S/C23H48O13.C4H6O2/c1-26-23(25)22-36-21-20-35-19-18-34-17-16-33-15-14-32-13-12-31-11-10-30-9-8-29-7-6-28-5-4-27-3-2-24;1-3(2)4(5)6/h23-25H,2-22H2,1H3;1H2,2H3,(H,5,6). The Bertz CT molecular complexity index is 542. The highest BCUT2D eigenvalue weighted by Gasteiger charge is 2.00. The van der Waals surface area contributed by atoms with E-state index in [0.29, 0.717) is 126 Å². The topological polar surface area (TPSA) is 179 Å². The quantitative estimate of drug-likeness (QED) is 0.0498. The molecule has 252 valence electrons. The van der Waals surface area contributed by atoms with Gasteiger partial charge in [-0.2, -0.15) is 0 Å². The maximum absolute atomic E-state index is 9.60. The van der Waals surface area contributed by atoms with Crippen molar-refractivity contribution in [1.82, 2.24) is 0 Å². The Kier molecular flexibility index (Phi) is 38.5. The fourth-order valence-corrected chi connectivity index (χ4v) is 2.30. The van der Waals surface area contributed by atoms with Crippen LogP contribution in [0.4, 0.5) is 0 Å². The van der Waals surface area contributed by atoms with Crippen molar-refractivity contribution < 1.29 is 72.2 Å². The highest BCUT2D eigenvalue weighted by Crippen LogP contribution is 1.88. The molecule has 0 aliphatic carbocycles. The average Bonchev–Trinajstić information content (AvgIpc) is 2.98. The smallest absolute Gasteiger partial charge is 0.330 e. The molecule has 0 saturated heterocycles. The van der Waals surface area contributed by atoms with Crippen LogP contribution in [-0.2, 0) is 56.9 Å². The van der Waals surface area contributed by atoms with E-state index in [2.05, 4.69) is 11.3 Å². The summed E-state index contributed by atoms with van der Waals surface area (Å²) in [4.78, 5) is 9.60. The number of hydrogen-bond acceptors (Lipinski definition) is 14. The fraction of sp³-hybridized carbons (Fsp3) is 0.889. The second-order valence-electron chi connectivity index (χ2n) is 8.09. The first kappa shape index (κ1) is 42.8. The van der Waals surface area contributed by atoms with Crippen molar-refractivity contribution in [2.24, 2.45) is 0 Å². The molecule has 0 amide bonds. The van der Waals surface area contributed by atoms with E-state index < -0.39 is 12.3 Å². The predicted molar refractivity (Wildman–Crippen MR) is 151 cm³/mol. The first-order valence-corrected chi connectivity index (χ1v) is 13.9. The molecule has 15 heteroatoms. The van der Waals surface area contributed by atoms with Gasteiger partial charge in [0.15, 0.2) is 6.29 Å². The van der Waals surface area contributed by atoms with Crippen molar-refractivity contribution in [1.29, 1.82) is 0 Å². The largest absolute Gasteiger partial charge is 0.478 e. The average molecular weight is 619 g/mol. The van der Waals surface area contributed by atoms with Crippen molar-refractivity contribution in [2.75, 3.05) is 146 Å². The fourth-order valence-electron chi connectivity index (χ4n) is 2.30. The first-order valence-electron chi connectivity index (χ1n) is 13.9. The number of aliphatic hydroxyl groups excluding tert-OH is 2. The van der Waals surface area contributed by atoms with Crippen molar-refractivity contribution in [3.8, 4) is 0 Å². The van der Waals surface area contributed by atoms with Crippen molar-refractivity contribution in [3.63, 3.8) is 0 Å². The van der Waals surface area contributed by atoms with Crippen LogP contribution in [0.25, 0.3) is 0 Å². The van der Waals surface area contributed by atoms with Crippen molar-refractivity contribution in [2.45, 2.75) is 13.2 Å². The molecule has 0 aromatic carbocycles. The van der Waals surface area contributed by atoms with E-state index in [1.165, 1.54) is 14.0 Å². The molecule has 0 radical (unpaired) electrons. The van der Waals surface area contributed by atoms with E-state index in [1.54, 1.807) is 0 Å². The summed E-state index contributed by atoms with van der Waals surface area (Å²) in [6, 6.07) is 0. The van der Waals surface area contributed by atoms with Gasteiger partial charge in [-0.05, 0) is 6.92 Å². The van der Waals surface area contributed by atoms with E-state index in [0.717, 1.165) is 0 Å². The maximum Gasteiger partial charge on any atom is 0.330 e. The molecule has 0 aromatic heterocycles. The Morgan fingerprint density at radius 3 is 0.952 bits per heavy atom. The Morgan fingerprint density at radius 2 is 0.762 bits per heavy atom. The minimum absolute atomic E-state index is 0.0244. The van der Waals surface area contributed by atoms with Crippen LogP contribution in [-0.4, -0.2) is 173 Å². The Labute approximate surface area is 249 Å². The zero-order chi connectivity index (χ0) is 31.4. The van der Waals surface area contributed by atoms with Gasteiger partial charge in [0.25, 0.3) is 0 Å². The summed E-state index contributed by atoms with van der Waals surface area (Å²) < 4.78 is 58.0. The van der Waals surface area contributed by atoms with Gasteiger partial charge in [-0.3, -0.25) is 0 Å². The van der Waals surface area contributed by atoms with Gasteiger partial charge in [0.1, 0.15) is 0 Å². The number of aliphatic carboxylic acids is 1. The molecule has 0 saturated carbocycles. The molecule has 0 aliphatic heterocycles. The molecule has 0 fully saturated rings. The summed E-state index contributed by atoms with van der Waals surface area (Å²) in [6.45, 7) is 13.8. The lowest BCUT2D eigenvalue weighted by Gasteiger charge is -2.10. The van der Waals surface area contributed by atoms with Gasteiger partial charge in [-0.1, -0.05) is 6.58 Å². The molecule has 3 N–H and O–H groups in total. The number of rotatable bonds is 33. The maximum atomic E-state index is 9.60. The molecule has 42 heavy (non-hydrogen) atoms. The van der Waals surface area contributed by atoms with Crippen LogP contribution in [0.1, 0.15) is 6.92 Å². The third kappa shape index (κ3) is 40.8. The van der Waals surface area contributed by atoms with Crippen molar-refractivity contribution >= 4 is 5.97 Å². The number of methoxy groups -OCH3 is 1. The summed E-state index contributed by atoms with van der Waals surface area (Å²) >= 11 is 0. The van der Waals surface area contributed by atoms with Gasteiger partial charge in [-0.15, -0.1) is 0 Å². The van der Waals surface area contributed by atoms with Crippen LogP contribution >= 0.6 is 0 Å². The van der Waals surface area contributed by atoms with Crippen LogP contribution in [0.3, 0.4) is 0 Å². The van der Waals surface area contributed by atoms with Crippen LogP contribution in [0, 0.1) is 0 Å².